The summed E-state index contributed by atoms with van der Waals surface area (Å²) in [6.07, 6.45) is 1.74. The summed E-state index contributed by atoms with van der Waals surface area (Å²) in [6, 6.07) is 10.7. The van der Waals surface area contributed by atoms with Gasteiger partial charge in [-0.15, -0.1) is 0 Å². The van der Waals surface area contributed by atoms with Crippen LogP contribution in [-0.2, 0) is 0 Å². The third kappa shape index (κ3) is 3.66. The van der Waals surface area contributed by atoms with Crippen molar-refractivity contribution >= 4 is 11.4 Å². The van der Waals surface area contributed by atoms with Gasteiger partial charge in [-0.2, -0.15) is 17.6 Å². The van der Waals surface area contributed by atoms with Crippen molar-refractivity contribution in [2.75, 3.05) is 0 Å². The van der Waals surface area contributed by atoms with E-state index in [1.807, 2.05) is 6.07 Å². The molecular formula is C20H16F3N5O+2. The fourth-order valence-electron chi connectivity index (χ4n) is 3.08. The number of imidazole rings is 1. The van der Waals surface area contributed by atoms with Crippen molar-refractivity contribution in [1.29, 1.82) is 0 Å². The van der Waals surface area contributed by atoms with Crippen LogP contribution in [0.5, 0.6) is 0 Å². The fraction of sp³-hybridized carbons (Fsp3) is 0.100. The Hall–Kier alpha value is -3.75. The smallest absolute Gasteiger partial charge is 0.332 e. The minimum Gasteiger partial charge on any atom is -0.332 e. The molecule has 1 atom stereocenters. The Bertz CT molecular complexity index is 1140. The van der Waals surface area contributed by atoms with Gasteiger partial charge in [0.05, 0.1) is 11.9 Å². The number of carbonyl (C=O) groups is 1. The van der Waals surface area contributed by atoms with Crippen molar-refractivity contribution < 1.29 is 27.4 Å². The second kappa shape index (κ2) is 7.34. The summed E-state index contributed by atoms with van der Waals surface area (Å²) in [6.45, 7) is 0. The highest BCUT2D eigenvalue weighted by atomic mass is 19.4. The predicted molar refractivity (Wildman–Crippen MR) is 96.4 cm³/mol. The van der Waals surface area contributed by atoms with Gasteiger partial charge in [-0.05, 0) is 30.3 Å². The maximum Gasteiger partial charge on any atom is 0.414 e. The molecule has 0 aliphatic carbocycles. The number of aromatic nitrogens is 4. The Balaban J connectivity index is 1.76. The minimum absolute atomic E-state index is 0.0228. The maximum absolute atomic E-state index is 13.6. The van der Waals surface area contributed by atoms with Crippen LogP contribution in [0, 0.1) is 0 Å². The number of rotatable bonds is 4. The Labute approximate surface area is 163 Å². The number of alkyl halides is 3. The van der Waals surface area contributed by atoms with E-state index in [9.17, 15) is 18.0 Å². The van der Waals surface area contributed by atoms with Gasteiger partial charge in [-0.25, -0.2) is 9.97 Å². The van der Waals surface area contributed by atoms with E-state index in [0.717, 1.165) is 5.56 Å². The molecule has 3 N–H and O–H groups in total. The molecule has 1 amide bonds. The average molecular weight is 399 g/mol. The van der Waals surface area contributed by atoms with Gasteiger partial charge in [-0.3, -0.25) is 9.78 Å². The zero-order chi connectivity index (χ0) is 20.4. The molecule has 4 heterocycles. The number of nitrogens with zero attached hydrogens (tertiary/aromatic N) is 2. The lowest BCUT2D eigenvalue weighted by Gasteiger charge is -2.20. The van der Waals surface area contributed by atoms with Gasteiger partial charge in [-0.1, -0.05) is 12.1 Å². The second-order valence-electron chi connectivity index (χ2n) is 6.30. The standard InChI is InChI=1S/C20H14F3N5O/c21-20(22,23)17(14-7-1-3-10-25-14)27-19(29)16-15-8-2-4-11-28(15)18(26-16)13-6-5-9-24-12-13/h1-12,17H,(H,27,29)/p+2. The summed E-state index contributed by atoms with van der Waals surface area (Å²) >= 11 is 0. The van der Waals surface area contributed by atoms with Gasteiger partial charge in [0.25, 0.3) is 11.7 Å². The highest BCUT2D eigenvalue weighted by molar-refractivity contribution is 5.98. The molecule has 0 saturated heterocycles. The largest absolute Gasteiger partial charge is 0.414 e. The van der Waals surface area contributed by atoms with Crippen molar-refractivity contribution in [1.82, 2.24) is 15.3 Å². The Morgan fingerprint density at radius 1 is 1.14 bits per heavy atom. The first-order chi connectivity index (χ1) is 13.9. The molecule has 0 saturated carbocycles. The monoisotopic (exact) mass is 399 g/mol. The molecule has 0 spiro atoms. The van der Waals surface area contributed by atoms with E-state index in [1.165, 1.54) is 24.4 Å². The number of H-pyrrole nitrogens is 2. The summed E-state index contributed by atoms with van der Waals surface area (Å²) in [5.41, 5.74) is 0.931. The molecule has 29 heavy (non-hydrogen) atoms. The van der Waals surface area contributed by atoms with Gasteiger partial charge in [0.1, 0.15) is 5.56 Å². The van der Waals surface area contributed by atoms with E-state index in [1.54, 1.807) is 47.3 Å². The Morgan fingerprint density at radius 3 is 2.66 bits per heavy atom. The second-order valence-corrected chi connectivity index (χ2v) is 6.30. The van der Waals surface area contributed by atoms with Gasteiger partial charge in [0.2, 0.25) is 5.69 Å². The van der Waals surface area contributed by atoms with Crippen molar-refractivity contribution in [2.24, 2.45) is 0 Å². The van der Waals surface area contributed by atoms with Crippen LogP contribution < -0.4 is 14.7 Å². The van der Waals surface area contributed by atoms with Crippen LogP contribution >= 0.6 is 0 Å². The average Bonchev–Trinajstić information content (AvgIpc) is 3.12. The van der Waals surface area contributed by atoms with E-state index >= 15 is 0 Å². The normalized spacial score (nSPS) is 12.7. The van der Waals surface area contributed by atoms with E-state index in [2.05, 4.69) is 20.3 Å². The first-order valence-electron chi connectivity index (χ1n) is 8.72. The van der Waals surface area contributed by atoms with E-state index in [4.69, 9.17) is 0 Å². The SMILES string of the molecule is O=C(NC(c1ccccn1)C(F)(F)F)c1[nH]c(-c2ccc[nH+]c2)[n+]2ccccc12. The first-order valence-corrected chi connectivity index (χ1v) is 8.72. The van der Waals surface area contributed by atoms with E-state index < -0.39 is 18.1 Å². The van der Waals surface area contributed by atoms with Crippen molar-refractivity contribution in [3.63, 3.8) is 0 Å². The molecular weight excluding hydrogens is 383 g/mol. The van der Waals surface area contributed by atoms with Gasteiger partial charge in [0.15, 0.2) is 24.0 Å². The molecule has 0 aromatic carbocycles. The highest BCUT2D eigenvalue weighted by Gasteiger charge is 2.44. The number of hydrogen-bond acceptors (Lipinski definition) is 2. The molecule has 4 aromatic rings. The number of hydrogen-bond donors (Lipinski definition) is 2. The van der Waals surface area contributed by atoms with Crippen LogP contribution in [0.15, 0.2) is 73.3 Å². The quantitative estimate of drug-likeness (QED) is 0.518. The topological polar surface area (TPSA) is 76.0 Å². The molecule has 1 unspecified atom stereocenters. The number of nitrogens with one attached hydrogen (secondary N) is 3. The summed E-state index contributed by atoms with van der Waals surface area (Å²) in [4.78, 5) is 22.5. The number of aromatic amines is 2. The molecule has 0 radical (unpaired) electrons. The maximum atomic E-state index is 13.6. The van der Waals surface area contributed by atoms with Crippen molar-refractivity contribution in [2.45, 2.75) is 12.2 Å². The van der Waals surface area contributed by atoms with Crippen molar-refractivity contribution in [3.05, 3.63) is 84.7 Å². The number of amides is 1. The molecule has 146 valence electrons. The van der Waals surface area contributed by atoms with Crippen LogP contribution in [0.3, 0.4) is 0 Å². The third-order valence-corrected chi connectivity index (χ3v) is 4.39. The number of fused-ring (bicyclic) bond motifs is 1. The summed E-state index contributed by atoms with van der Waals surface area (Å²) in [5, 5.41) is 2.07. The van der Waals surface area contributed by atoms with Crippen LogP contribution in [0.2, 0.25) is 0 Å². The fourth-order valence-corrected chi connectivity index (χ4v) is 3.08. The van der Waals surface area contributed by atoms with Crippen LogP contribution in [0.4, 0.5) is 13.2 Å². The lowest BCUT2D eigenvalue weighted by atomic mass is 10.1. The lowest BCUT2D eigenvalue weighted by molar-refractivity contribution is -0.499. The minimum atomic E-state index is -4.70. The lowest BCUT2D eigenvalue weighted by Crippen LogP contribution is -2.39. The van der Waals surface area contributed by atoms with Gasteiger partial charge >= 0.3 is 6.18 Å². The molecule has 0 bridgehead atoms. The molecule has 9 heteroatoms. The Kier molecular flexibility index (Phi) is 4.71. The van der Waals surface area contributed by atoms with Crippen LogP contribution in [0.1, 0.15) is 22.2 Å². The number of pyridine rings is 3. The van der Waals surface area contributed by atoms with E-state index in [-0.39, 0.29) is 11.4 Å². The molecule has 4 aromatic heterocycles. The van der Waals surface area contributed by atoms with Gasteiger partial charge < -0.3 is 5.32 Å². The summed E-state index contributed by atoms with van der Waals surface area (Å²) in [5.74, 6) is -0.322. The Morgan fingerprint density at radius 2 is 1.97 bits per heavy atom. The zero-order valence-electron chi connectivity index (χ0n) is 14.9. The molecule has 0 fully saturated rings. The number of carbonyl (C=O) groups excluding carboxylic acids is 1. The third-order valence-electron chi connectivity index (χ3n) is 4.39. The van der Waals surface area contributed by atoms with E-state index in [0.29, 0.717) is 11.3 Å². The zero-order valence-corrected chi connectivity index (χ0v) is 14.9. The molecule has 6 nitrogen and oxygen atoms in total. The van der Waals surface area contributed by atoms with Gasteiger partial charge in [0, 0.05) is 12.3 Å². The summed E-state index contributed by atoms with van der Waals surface area (Å²) in [7, 11) is 0. The first kappa shape index (κ1) is 18.6. The summed E-state index contributed by atoms with van der Waals surface area (Å²) < 4.78 is 42.5. The van der Waals surface area contributed by atoms with Crippen molar-refractivity contribution in [3.8, 4) is 11.4 Å². The molecule has 0 aliphatic heterocycles. The molecule has 4 rings (SSSR count). The predicted octanol–water partition coefficient (Wildman–Crippen LogP) is 2.66. The van der Waals surface area contributed by atoms with Crippen LogP contribution in [-0.4, -0.2) is 22.1 Å². The number of halogens is 3. The molecule has 0 aliphatic rings. The van der Waals surface area contributed by atoms with Crippen LogP contribution in [0.25, 0.3) is 16.9 Å². The highest BCUT2D eigenvalue weighted by Crippen LogP contribution is 2.32.